The second kappa shape index (κ2) is 9.13. The Morgan fingerprint density at radius 3 is 2.61 bits per heavy atom. The molecule has 3 aromatic rings. The molecule has 0 saturated carbocycles. The Labute approximate surface area is 195 Å². The quantitative estimate of drug-likeness (QED) is 0.422. The zero-order chi connectivity index (χ0) is 22.8. The molecule has 1 amide bonds. The van der Waals surface area contributed by atoms with Gasteiger partial charge >= 0.3 is 0 Å². The third-order valence-corrected chi connectivity index (χ3v) is 5.73. The number of anilines is 1. The molecular weight excluding hydrogens is 446 g/mol. The van der Waals surface area contributed by atoms with E-state index in [1.54, 1.807) is 54.6 Å². The van der Waals surface area contributed by atoms with E-state index >= 15 is 0 Å². The molecule has 1 unspecified atom stereocenters. The predicted molar refractivity (Wildman–Crippen MR) is 121 cm³/mol. The Morgan fingerprint density at radius 1 is 0.939 bits per heavy atom. The van der Waals surface area contributed by atoms with Gasteiger partial charge in [0.05, 0.1) is 6.61 Å². The monoisotopic (exact) mass is 465 g/mol. The second-order valence-electron chi connectivity index (χ2n) is 7.71. The van der Waals surface area contributed by atoms with Crippen LogP contribution < -0.4 is 19.5 Å². The van der Waals surface area contributed by atoms with Crippen molar-refractivity contribution in [3.63, 3.8) is 0 Å². The molecule has 0 saturated heterocycles. The van der Waals surface area contributed by atoms with Gasteiger partial charge in [0.2, 0.25) is 12.7 Å². The van der Waals surface area contributed by atoms with Gasteiger partial charge in [0.1, 0.15) is 11.7 Å². The zero-order valence-electron chi connectivity index (χ0n) is 17.5. The molecule has 8 heteroatoms. The first-order valence-electron chi connectivity index (χ1n) is 10.4. The molecule has 0 bridgehead atoms. The smallest absolute Gasteiger partial charge is 0.235 e. The minimum atomic E-state index is -1.01. The molecular formula is C25H20ClNO6. The van der Waals surface area contributed by atoms with E-state index in [0.29, 0.717) is 45.7 Å². The zero-order valence-corrected chi connectivity index (χ0v) is 18.3. The van der Waals surface area contributed by atoms with Gasteiger partial charge in [-0.25, -0.2) is 0 Å². The molecule has 2 heterocycles. The van der Waals surface area contributed by atoms with Crippen molar-refractivity contribution in [1.29, 1.82) is 0 Å². The highest BCUT2D eigenvalue weighted by Gasteiger charge is 2.31. The summed E-state index contributed by atoms with van der Waals surface area (Å²) in [6.45, 7) is 0.581. The molecule has 0 spiro atoms. The van der Waals surface area contributed by atoms with Crippen LogP contribution in [0.3, 0.4) is 0 Å². The maximum absolute atomic E-state index is 13.4. The molecule has 168 valence electrons. The summed E-state index contributed by atoms with van der Waals surface area (Å²) >= 11 is 6.30. The van der Waals surface area contributed by atoms with Crippen LogP contribution in [0, 0.1) is 5.92 Å². The maximum atomic E-state index is 13.4. The van der Waals surface area contributed by atoms with Crippen molar-refractivity contribution in [3.05, 3.63) is 82.4 Å². The fourth-order valence-corrected chi connectivity index (χ4v) is 4.20. The minimum absolute atomic E-state index is 0.0995. The van der Waals surface area contributed by atoms with E-state index in [4.69, 9.17) is 30.5 Å². The highest BCUT2D eigenvalue weighted by atomic mass is 35.5. The number of hydrogen-bond donors (Lipinski definition) is 1. The van der Waals surface area contributed by atoms with Crippen LogP contribution in [0.15, 0.2) is 60.7 Å². The van der Waals surface area contributed by atoms with Crippen molar-refractivity contribution >= 4 is 29.0 Å². The van der Waals surface area contributed by atoms with Crippen molar-refractivity contribution in [2.75, 3.05) is 18.9 Å². The SMILES string of the molecule is O=C(Nc1ccc2c(c1)OCO2)C(Cc1cc(Cl)cc2c1OCOC2)C(=O)c1ccccc1. The highest BCUT2D eigenvalue weighted by Crippen LogP contribution is 2.36. The number of fused-ring (bicyclic) bond motifs is 2. The largest absolute Gasteiger partial charge is 0.467 e. The number of benzene rings is 3. The van der Waals surface area contributed by atoms with Crippen molar-refractivity contribution < 1.29 is 28.5 Å². The normalized spacial score (nSPS) is 14.7. The Hall–Kier alpha value is -3.55. The van der Waals surface area contributed by atoms with Crippen LogP contribution in [0.2, 0.25) is 5.02 Å². The Bertz CT molecular complexity index is 1210. The number of carbonyl (C=O) groups excluding carboxylic acids is 2. The summed E-state index contributed by atoms with van der Waals surface area (Å²) in [5, 5.41) is 3.33. The summed E-state index contributed by atoms with van der Waals surface area (Å²) in [4.78, 5) is 26.8. The molecule has 7 nitrogen and oxygen atoms in total. The summed E-state index contributed by atoms with van der Waals surface area (Å²) in [6, 6.07) is 17.3. The van der Waals surface area contributed by atoms with E-state index in [2.05, 4.69) is 5.32 Å². The maximum Gasteiger partial charge on any atom is 0.235 e. The summed E-state index contributed by atoms with van der Waals surface area (Å²) in [6.07, 6.45) is 0.118. The van der Waals surface area contributed by atoms with Gasteiger partial charge in [-0.2, -0.15) is 0 Å². The Kier molecular flexibility index (Phi) is 5.90. The van der Waals surface area contributed by atoms with Gasteiger partial charge in [0.25, 0.3) is 0 Å². The molecule has 1 N–H and O–H groups in total. The molecule has 0 aromatic heterocycles. The average molecular weight is 466 g/mol. The van der Waals surface area contributed by atoms with Gasteiger partial charge in [0.15, 0.2) is 24.1 Å². The fourth-order valence-electron chi connectivity index (χ4n) is 3.94. The molecule has 2 aliphatic rings. The van der Waals surface area contributed by atoms with Crippen LogP contribution in [0.5, 0.6) is 17.2 Å². The molecule has 5 rings (SSSR count). The van der Waals surface area contributed by atoms with E-state index in [0.717, 1.165) is 5.56 Å². The van der Waals surface area contributed by atoms with Crippen LogP contribution >= 0.6 is 11.6 Å². The van der Waals surface area contributed by atoms with E-state index < -0.39 is 11.8 Å². The number of nitrogens with one attached hydrogen (secondary N) is 1. The van der Waals surface area contributed by atoms with Crippen molar-refractivity contribution in [2.45, 2.75) is 13.0 Å². The average Bonchev–Trinajstić information content (AvgIpc) is 3.30. The van der Waals surface area contributed by atoms with Crippen LogP contribution in [0.25, 0.3) is 0 Å². The first-order valence-corrected chi connectivity index (χ1v) is 10.8. The molecule has 1 atom stereocenters. The molecule has 2 aliphatic heterocycles. The number of Topliss-reactive ketones (excluding diaryl/α,β-unsaturated/α-hetero) is 1. The summed E-state index contributed by atoms with van der Waals surface area (Å²) in [7, 11) is 0. The highest BCUT2D eigenvalue weighted by molar-refractivity contribution is 6.30. The first-order chi connectivity index (χ1) is 16.1. The Balaban J connectivity index is 1.47. The van der Waals surface area contributed by atoms with Crippen LogP contribution in [-0.4, -0.2) is 25.3 Å². The predicted octanol–water partition coefficient (Wildman–Crippen LogP) is 4.62. The fraction of sp³-hybridized carbons (Fsp3) is 0.200. The van der Waals surface area contributed by atoms with E-state index in [9.17, 15) is 9.59 Å². The van der Waals surface area contributed by atoms with Crippen LogP contribution in [-0.2, 0) is 22.6 Å². The third-order valence-electron chi connectivity index (χ3n) is 5.51. The number of ether oxygens (including phenoxy) is 4. The second-order valence-corrected chi connectivity index (χ2v) is 8.14. The summed E-state index contributed by atoms with van der Waals surface area (Å²) < 4.78 is 21.7. The molecule has 0 fully saturated rings. The number of rotatable bonds is 6. The van der Waals surface area contributed by atoms with Gasteiger partial charge in [-0.1, -0.05) is 41.9 Å². The molecule has 0 aliphatic carbocycles. The lowest BCUT2D eigenvalue weighted by molar-refractivity contribution is -0.118. The van der Waals surface area contributed by atoms with Gasteiger partial charge in [-0.05, 0) is 36.2 Å². The molecule has 0 radical (unpaired) electrons. The number of ketones is 1. The lowest BCUT2D eigenvalue weighted by atomic mass is 9.89. The topological polar surface area (TPSA) is 83.1 Å². The minimum Gasteiger partial charge on any atom is -0.467 e. The van der Waals surface area contributed by atoms with Crippen LogP contribution in [0.1, 0.15) is 21.5 Å². The number of carbonyl (C=O) groups is 2. The lowest BCUT2D eigenvalue weighted by Crippen LogP contribution is -2.32. The Morgan fingerprint density at radius 2 is 1.76 bits per heavy atom. The van der Waals surface area contributed by atoms with Crippen molar-refractivity contribution in [3.8, 4) is 17.2 Å². The van der Waals surface area contributed by atoms with Gasteiger partial charge in [-0.3, -0.25) is 9.59 Å². The standard InChI is InChI=1S/C25H20ClNO6/c26-18-8-16(24-17(9-18)12-30-13-33-24)10-20(23(28)15-4-2-1-3-5-15)25(29)27-19-6-7-21-22(11-19)32-14-31-21/h1-9,11,20H,10,12-14H2,(H,27,29). The summed E-state index contributed by atoms with van der Waals surface area (Å²) in [5.74, 6) is 0.00300. The van der Waals surface area contributed by atoms with Gasteiger partial charge < -0.3 is 24.3 Å². The number of amides is 1. The van der Waals surface area contributed by atoms with E-state index in [-0.39, 0.29) is 25.8 Å². The number of halogens is 1. The van der Waals surface area contributed by atoms with Gasteiger partial charge in [0, 0.05) is 27.9 Å². The van der Waals surface area contributed by atoms with Crippen LogP contribution in [0.4, 0.5) is 5.69 Å². The lowest BCUT2D eigenvalue weighted by Gasteiger charge is -2.23. The van der Waals surface area contributed by atoms with Crippen molar-refractivity contribution in [1.82, 2.24) is 0 Å². The number of hydrogen-bond acceptors (Lipinski definition) is 6. The van der Waals surface area contributed by atoms with E-state index in [1.165, 1.54) is 0 Å². The third kappa shape index (κ3) is 4.51. The van der Waals surface area contributed by atoms with E-state index in [1.807, 2.05) is 6.07 Å². The summed E-state index contributed by atoms with van der Waals surface area (Å²) in [5.41, 5.74) is 2.41. The molecule has 33 heavy (non-hydrogen) atoms. The first kappa shape index (κ1) is 21.3. The molecule has 3 aromatic carbocycles. The van der Waals surface area contributed by atoms with Gasteiger partial charge in [-0.15, -0.1) is 0 Å². The van der Waals surface area contributed by atoms with Crippen molar-refractivity contribution in [2.24, 2.45) is 5.92 Å².